The average Bonchev–Trinajstić information content (AvgIpc) is 2.71. The highest BCUT2D eigenvalue weighted by Crippen LogP contribution is 2.26. The average molecular weight is 276 g/mol. The molecule has 5 atom stereocenters. The highest BCUT2D eigenvalue weighted by Gasteiger charge is 2.45. The molecule has 2 heterocycles. The summed E-state index contributed by atoms with van der Waals surface area (Å²) in [7, 11) is 0. The molecule has 0 radical (unpaired) electrons. The van der Waals surface area contributed by atoms with Crippen molar-refractivity contribution < 1.29 is 39.4 Å². The van der Waals surface area contributed by atoms with E-state index < -0.39 is 43.3 Å². The number of ether oxygens (including phenoxy) is 3. The first-order valence-electron chi connectivity index (χ1n) is 5.79. The number of hydrogen-bond acceptors (Lipinski definition) is 8. The minimum atomic E-state index is -1.52. The number of carbonyl (C=O) groups excluding carboxylic acids is 1. The molecule has 1 fully saturated rings. The maximum Gasteiger partial charge on any atom is 0.337 e. The van der Waals surface area contributed by atoms with Crippen LogP contribution in [0, 0.1) is 0 Å². The topological polar surface area (TPSA) is 126 Å². The molecule has 19 heavy (non-hydrogen) atoms. The van der Waals surface area contributed by atoms with E-state index in [0.717, 1.165) is 0 Å². The fraction of sp³-hybridized carbons (Fsp3) is 0.727. The standard InChI is InChI=1S/C11H16O8/c1-4-6(3-17-10(4)16)19-11-9(15)8(14)7(13)5(2-12)18-11/h5,7-9,11-15H,2-3H2,1H3/t5-,7-,8+,9-,11+/m1/s1. The van der Waals surface area contributed by atoms with E-state index in [1.165, 1.54) is 6.92 Å². The van der Waals surface area contributed by atoms with E-state index in [4.69, 9.17) is 19.3 Å². The van der Waals surface area contributed by atoms with Gasteiger partial charge in [0.15, 0.2) is 0 Å². The summed E-state index contributed by atoms with van der Waals surface area (Å²) >= 11 is 0. The van der Waals surface area contributed by atoms with Crippen molar-refractivity contribution in [2.24, 2.45) is 0 Å². The molecule has 2 aliphatic heterocycles. The maximum atomic E-state index is 11.2. The van der Waals surface area contributed by atoms with Crippen molar-refractivity contribution in [1.29, 1.82) is 0 Å². The number of hydrogen-bond donors (Lipinski definition) is 4. The molecule has 4 N–H and O–H groups in total. The van der Waals surface area contributed by atoms with Crippen molar-refractivity contribution in [3.63, 3.8) is 0 Å². The van der Waals surface area contributed by atoms with Gasteiger partial charge in [-0.3, -0.25) is 0 Å². The zero-order valence-electron chi connectivity index (χ0n) is 10.2. The Kier molecular flexibility index (Phi) is 4.07. The Hall–Kier alpha value is -1.19. The van der Waals surface area contributed by atoms with Crippen molar-refractivity contribution in [2.45, 2.75) is 37.6 Å². The Labute approximate surface area is 108 Å². The number of aliphatic hydroxyl groups excluding tert-OH is 4. The van der Waals surface area contributed by atoms with Gasteiger partial charge in [-0.2, -0.15) is 0 Å². The zero-order chi connectivity index (χ0) is 14.2. The lowest BCUT2D eigenvalue weighted by molar-refractivity contribution is -0.292. The van der Waals surface area contributed by atoms with E-state index in [9.17, 15) is 20.1 Å². The van der Waals surface area contributed by atoms with E-state index in [-0.39, 0.29) is 17.9 Å². The van der Waals surface area contributed by atoms with Crippen molar-refractivity contribution in [2.75, 3.05) is 13.2 Å². The van der Waals surface area contributed by atoms with Crippen LogP contribution in [0.4, 0.5) is 0 Å². The summed E-state index contributed by atoms with van der Waals surface area (Å²) in [6, 6.07) is 0. The van der Waals surface area contributed by atoms with E-state index in [0.29, 0.717) is 0 Å². The van der Waals surface area contributed by atoms with E-state index >= 15 is 0 Å². The Balaban J connectivity index is 2.09. The molecule has 0 aliphatic carbocycles. The third-order valence-corrected chi connectivity index (χ3v) is 3.17. The molecule has 1 saturated heterocycles. The molecule has 8 nitrogen and oxygen atoms in total. The van der Waals surface area contributed by atoms with Gasteiger partial charge in [-0.05, 0) is 6.92 Å². The van der Waals surface area contributed by atoms with Crippen molar-refractivity contribution in [3.05, 3.63) is 11.3 Å². The predicted molar refractivity (Wildman–Crippen MR) is 58.5 cm³/mol. The molecule has 2 aliphatic rings. The molecule has 0 aromatic rings. The number of aliphatic hydroxyl groups is 4. The normalized spacial score (nSPS) is 39.4. The third-order valence-electron chi connectivity index (χ3n) is 3.17. The SMILES string of the molecule is CC1=C(O[C@@H]2O[C@H](CO)[C@@H](O)[C@H](O)[C@H]2O)COC1=O. The molecule has 108 valence electrons. The Morgan fingerprint density at radius 2 is 1.95 bits per heavy atom. The van der Waals surface area contributed by atoms with Gasteiger partial charge in [0.1, 0.15) is 36.8 Å². The van der Waals surface area contributed by atoms with Crippen LogP contribution in [0.15, 0.2) is 11.3 Å². The predicted octanol–water partition coefficient (Wildman–Crippen LogP) is -2.37. The lowest BCUT2D eigenvalue weighted by Gasteiger charge is -2.39. The Morgan fingerprint density at radius 1 is 1.26 bits per heavy atom. The number of esters is 1. The summed E-state index contributed by atoms with van der Waals surface area (Å²) in [5.74, 6) is -0.339. The summed E-state index contributed by atoms with van der Waals surface area (Å²) in [5, 5.41) is 37.9. The molecule has 0 spiro atoms. The van der Waals surface area contributed by atoms with Crippen molar-refractivity contribution in [1.82, 2.24) is 0 Å². The van der Waals surface area contributed by atoms with Crippen LogP contribution in [0.25, 0.3) is 0 Å². The van der Waals surface area contributed by atoms with Crippen molar-refractivity contribution in [3.8, 4) is 0 Å². The van der Waals surface area contributed by atoms with Gasteiger partial charge in [-0.1, -0.05) is 0 Å². The summed E-state index contributed by atoms with van der Waals surface area (Å²) in [6.07, 6.45) is -6.82. The van der Waals surface area contributed by atoms with Crippen LogP contribution in [-0.4, -0.2) is 70.3 Å². The maximum absolute atomic E-state index is 11.2. The summed E-state index contributed by atoms with van der Waals surface area (Å²) in [5.41, 5.74) is 0.247. The fourth-order valence-corrected chi connectivity index (χ4v) is 1.89. The second-order valence-corrected chi connectivity index (χ2v) is 4.44. The summed E-state index contributed by atoms with van der Waals surface area (Å²) < 4.78 is 15.1. The summed E-state index contributed by atoms with van der Waals surface area (Å²) in [6.45, 7) is 0.868. The fourth-order valence-electron chi connectivity index (χ4n) is 1.89. The second-order valence-electron chi connectivity index (χ2n) is 4.44. The lowest BCUT2D eigenvalue weighted by atomic mass is 9.99. The van der Waals surface area contributed by atoms with E-state index in [2.05, 4.69) is 0 Å². The van der Waals surface area contributed by atoms with Crippen LogP contribution >= 0.6 is 0 Å². The highest BCUT2D eigenvalue weighted by molar-refractivity contribution is 5.90. The number of rotatable bonds is 3. The molecule has 0 aromatic carbocycles. The quantitative estimate of drug-likeness (QED) is 0.422. The molecular weight excluding hydrogens is 260 g/mol. The van der Waals surface area contributed by atoms with Gasteiger partial charge in [-0.25, -0.2) is 4.79 Å². The van der Waals surface area contributed by atoms with Gasteiger partial charge in [0.2, 0.25) is 6.29 Å². The van der Waals surface area contributed by atoms with Crippen LogP contribution in [0.1, 0.15) is 6.92 Å². The first-order valence-corrected chi connectivity index (χ1v) is 5.79. The lowest BCUT2D eigenvalue weighted by Crippen LogP contribution is -2.59. The van der Waals surface area contributed by atoms with Gasteiger partial charge in [-0.15, -0.1) is 0 Å². The third kappa shape index (κ3) is 2.58. The Bertz CT molecular complexity index is 390. The number of carbonyl (C=O) groups is 1. The van der Waals surface area contributed by atoms with Gasteiger partial charge < -0.3 is 34.6 Å². The number of cyclic esters (lactones) is 1. The van der Waals surface area contributed by atoms with Gasteiger partial charge >= 0.3 is 5.97 Å². The van der Waals surface area contributed by atoms with Gasteiger partial charge in [0.25, 0.3) is 0 Å². The van der Waals surface area contributed by atoms with Crippen LogP contribution in [0.5, 0.6) is 0 Å². The van der Waals surface area contributed by atoms with Crippen LogP contribution in [-0.2, 0) is 19.0 Å². The smallest absolute Gasteiger partial charge is 0.337 e. The molecule has 8 heteroatoms. The van der Waals surface area contributed by atoms with Crippen LogP contribution in [0.2, 0.25) is 0 Å². The molecule has 0 unspecified atom stereocenters. The second kappa shape index (κ2) is 5.43. The Morgan fingerprint density at radius 3 is 2.47 bits per heavy atom. The first-order chi connectivity index (χ1) is 8.95. The molecule has 0 bridgehead atoms. The van der Waals surface area contributed by atoms with Crippen LogP contribution < -0.4 is 0 Å². The van der Waals surface area contributed by atoms with Crippen LogP contribution in [0.3, 0.4) is 0 Å². The molecule has 2 rings (SSSR count). The molecule has 0 amide bonds. The van der Waals surface area contributed by atoms with E-state index in [1.54, 1.807) is 0 Å². The molecule has 0 saturated carbocycles. The molecular formula is C11H16O8. The van der Waals surface area contributed by atoms with Gasteiger partial charge in [0, 0.05) is 0 Å². The zero-order valence-corrected chi connectivity index (χ0v) is 10.2. The summed E-state index contributed by atoms with van der Waals surface area (Å²) in [4.78, 5) is 11.2. The van der Waals surface area contributed by atoms with Gasteiger partial charge in [0.05, 0.1) is 12.2 Å². The first kappa shape index (κ1) is 14.2. The van der Waals surface area contributed by atoms with Crippen molar-refractivity contribution >= 4 is 5.97 Å². The van der Waals surface area contributed by atoms with E-state index in [1.807, 2.05) is 0 Å². The monoisotopic (exact) mass is 276 g/mol. The molecule has 0 aromatic heterocycles. The minimum absolute atomic E-state index is 0.0836. The largest absolute Gasteiger partial charge is 0.462 e. The minimum Gasteiger partial charge on any atom is -0.462 e. The highest BCUT2D eigenvalue weighted by atomic mass is 16.7.